The molecule has 7 nitrogen and oxygen atoms in total. The first-order valence-electron chi connectivity index (χ1n) is 7.39. The maximum absolute atomic E-state index is 12.2. The van der Waals surface area contributed by atoms with Crippen LogP contribution in [0.4, 0.5) is 5.69 Å². The van der Waals surface area contributed by atoms with Crippen LogP contribution in [-0.2, 0) is 9.59 Å². The molecule has 1 aromatic heterocycles. The van der Waals surface area contributed by atoms with Gasteiger partial charge in [-0.05, 0) is 18.6 Å². The van der Waals surface area contributed by atoms with Gasteiger partial charge in [0.05, 0.1) is 31.0 Å². The van der Waals surface area contributed by atoms with Crippen LogP contribution in [0.25, 0.3) is 0 Å². The quantitative estimate of drug-likeness (QED) is 0.797. The monoisotopic (exact) mass is 363 g/mol. The van der Waals surface area contributed by atoms with E-state index < -0.39 is 11.8 Å². The van der Waals surface area contributed by atoms with Crippen LogP contribution in [-0.4, -0.2) is 31.0 Å². The average molecular weight is 364 g/mol. The minimum Gasteiger partial charge on any atom is -0.495 e. The molecule has 0 saturated heterocycles. The van der Waals surface area contributed by atoms with Crippen molar-refractivity contribution in [3.63, 3.8) is 0 Å². The smallest absolute Gasteiger partial charge is 0.313 e. The van der Waals surface area contributed by atoms with Gasteiger partial charge < -0.3 is 20.1 Å². The van der Waals surface area contributed by atoms with Crippen LogP contribution >= 0.6 is 11.6 Å². The maximum atomic E-state index is 12.2. The molecule has 0 saturated carbocycles. The Morgan fingerprint density at radius 2 is 1.88 bits per heavy atom. The molecular weight excluding hydrogens is 346 g/mol. The van der Waals surface area contributed by atoms with Crippen molar-refractivity contribution in [2.45, 2.75) is 13.0 Å². The van der Waals surface area contributed by atoms with Gasteiger partial charge in [0, 0.05) is 24.5 Å². The number of amides is 2. The summed E-state index contributed by atoms with van der Waals surface area (Å²) in [5, 5.41) is 5.42. The van der Waals surface area contributed by atoms with Crippen molar-refractivity contribution in [2.24, 2.45) is 0 Å². The molecule has 1 heterocycles. The topological polar surface area (TPSA) is 89.5 Å². The highest BCUT2D eigenvalue weighted by Gasteiger charge is 2.20. The number of nitrogens with one attached hydrogen (secondary N) is 2. The number of hydrogen-bond acceptors (Lipinski definition) is 5. The lowest BCUT2D eigenvalue weighted by Crippen LogP contribution is -2.37. The zero-order valence-electron chi connectivity index (χ0n) is 14.0. The Morgan fingerprint density at radius 3 is 2.48 bits per heavy atom. The third kappa shape index (κ3) is 4.60. The molecule has 0 spiro atoms. The van der Waals surface area contributed by atoms with E-state index in [1.807, 2.05) is 6.07 Å². The van der Waals surface area contributed by atoms with Crippen molar-refractivity contribution < 1.29 is 19.1 Å². The van der Waals surface area contributed by atoms with E-state index >= 15 is 0 Å². The second-order valence-electron chi connectivity index (χ2n) is 5.12. The van der Waals surface area contributed by atoms with E-state index in [-0.39, 0.29) is 11.7 Å². The second kappa shape index (κ2) is 8.34. The number of carbonyl (C=O) groups excluding carboxylic acids is 2. The van der Waals surface area contributed by atoms with Crippen molar-refractivity contribution in [1.29, 1.82) is 0 Å². The van der Waals surface area contributed by atoms with Crippen LogP contribution < -0.4 is 20.1 Å². The minimum absolute atomic E-state index is 0.276. The summed E-state index contributed by atoms with van der Waals surface area (Å²) in [5.74, 6) is -0.958. The van der Waals surface area contributed by atoms with Gasteiger partial charge in [0.25, 0.3) is 0 Å². The number of benzene rings is 1. The third-order valence-corrected chi connectivity index (χ3v) is 3.76. The highest BCUT2D eigenvalue weighted by atomic mass is 35.5. The molecule has 0 aliphatic rings. The lowest BCUT2D eigenvalue weighted by Gasteiger charge is -2.15. The Morgan fingerprint density at radius 1 is 1.16 bits per heavy atom. The van der Waals surface area contributed by atoms with Crippen molar-refractivity contribution in [3.05, 3.63) is 47.2 Å². The summed E-state index contributed by atoms with van der Waals surface area (Å²) in [4.78, 5) is 28.3. The van der Waals surface area contributed by atoms with E-state index in [2.05, 4.69) is 15.6 Å². The third-order valence-electron chi connectivity index (χ3n) is 3.46. The largest absolute Gasteiger partial charge is 0.495 e. The summed E-state index contributed by atoms with van der Waals surface area (Å²) in [6.45, 7) is 1.76. The van der Waals surface area contributed by atoms with Crippen molar-refractivity contribution in [1.82, 2.24) is 10.3 Å². The molecular formula is C17H18ClN3O4. The van der Waals surface area contributed by atoms with Gasteiger partial charge >= 0.3 is 11.8 Å². The number of nitrogens with zero attached hydrogens (tertiary/aromatic N) is 1. The zero-order valence-corrected chi connectivity index (χ0v) is 14.8. The first-order chi connectivity index (χ1) is 12.0. The Balaban J connectivity index is 2.10. The van der Waals surface area contributed by atoms with Crippen LogP contribution in [0.5, 0.6) is 11.5 Å². The Bertz CT molecular complexity index is 768. The highest BCUT2D eigenvalue weighted by molar-refractivity contribution is 6.40. The molecule has 0 fully saturated rings. The summed E-state index contributed by atoms with van der Waals surface area (Å²) in [5.41, 5.74) is 1.06. The predicted octanol–water partition coefficient (Wildman–Crippen LogP) is 2.57. The fourth-order valence-electron chi connectivity index (χ4n) is 2.11. The van der Waals surface area contributed by atoms with Gasteiger partial charge in [0.1, 0.15) is 11.5 Å². The first-order valence-corrected chi connectivity index (χ1v) is 7.77. The molecule has 1 aromatic carbocycles. The molecule has 25 heavy (non-hydrogen) atoms. The number of methoxy groups -OCH3 is 2. The Labute approximate surface area is 150 Å². The average Bonchev–Trinajstić information content (AvgIpc) is 2.63. The first kappa shape index (κ1) is 18.5. The maximum Gasteiger partial charge on any atom is 0.313 e. The fourth-order valence-corrected chi connectivity index (χ4v) is 2.35. The van der Waals surface area contributed by atoms with Gasteiger partial charge in [-0.3, -0.25) is 14.6 Å². The summed E-state index contributed by atoms with van der Waals surface area (Å²) < 4.78 is 10.3. The lowest BCUT2D eigenvalue weighted by molar-refractivity contribution is -0.136. The number of carbonyl (C=O) groups is 2. The van der Waals surface area contributed by atoms with Gasteiger partial charge in [-0.15, -0.1) is 0 Å². The standard InChI is InChI=1S/C17H18ClN3O4/c1-10(11-5-4-6-19-9-11)20-16(22)17(23)21-13-8-14(24-2)12(18)7-15(13)25-3/h4-10H,1-3H3,(H,20,22)(H,21,23). The number of halogens is 1. The molecule has 2 aromatic rings. The SMILES string of the molecule is COc1cc(NC(=O)C(=O)NC(C)c2cccnc2)c(OC)cc1Cl. The minimum atomic E-state index is -0.835. The van der Waals surface area contributed by atoms with Crippen LogP contribution in [0, 0.1) is 0 Å². The summed E-state index contributed by atoms with van der Waals surface area (Å²) >= 11 is 6.01. The van der Waals surface area contributed by atoms with E-state index in [4.69, 9.17) is 21.1 Å². The van der Waals surface area contributed by atoms with Crippen molar-refractivity contribution in [3.8, 4) is 11.5 Å². The number of ether oxygens (including phenoxy) is 2. The molecule has 1 unspecified atom stereocenters. The predicted molar refractivity (Wildman–Crippen MR) is 94.0 cm³/mol. The highest BCUT2D eigenvalue weighted by Crippen LogP contribution is 2.35. The molecule has 0 bridgehead atoms. The van der Waals surface area contributed by atoms with Crippen LogP contribution in [0.2, 0.25) is 5.02 Å². The number of rotatable bonds is 5. The van der Waals surface area contributed by atoms with Crippen LogP contribution in [0.1, 0.15) is 18.5 Å². The van der Waals surface area contributed by atoms with Crippen molar-refractivity contribution >= 4 is 29.1 Å². The Hall–Kier alpha value is -2.80. The Kier molecular flexibility index (Phi) is 6.19. The van der Waals surface area contributed by atoms with E-state index in [0.717, 1.165) is 5.56 Å². The van der Waals surface area contributed by atoms with E-state index in [0.29, 0.717) is 16.5 Å². The lowest BCUT2D eigenvalue weighted by atomic mass is 10.1. The molecule has 0 aliphatic carbocycles. The van der Waals surface area contributed by atoms with E-state index in [9.17, 15) is 9.59 Å². The number of aromatic nitrogens is 1. The number of anilines is 1. The van der Waals surface area contributed by atoms with Crippen LogP contribution in [0.15, 0.2) is 36.7 Å². The molecule has 0 radical (unpaired) electrons. The molecule has 8 heteroatoms. The molecule has 2 amide bonds. The van der Waals surface area contributed by atoms with Gasteiger partial charge in [-0.2, -0.15) is 0 Å². The van der Waals surface area contributed by atoms with E-state index in [1.54, 1.807) is 25.4 Å². The summed E-state index contributed by atoms with van der Waals surface area (Å²) in [7, 11) is 2.87. The van der Waals surface area contributed by atoms with Gasteiger partial charge in [-0.25, -0.2) is 0 Å². The molecule has 2 N–H and O–H groups in total. The number of hydrogen-bond donors (Lipinski definition) is 2. The van der Waals surface area contributed by atoms with Gasteiger partial charge in [-0.1, -0.05) is 17.7 Å². The fraction of sp³-hybridized carbons (Fsp3) is 0.235. The molecule has 0 aliphatic heterocycles. The summed E-state index contributed by atoms with van der Waals surface area (Å²) in [6, 6.07) is 6.17. The molecule has 132 valence electrons. The van der Waals surface area contributed by atoms with E-state index in [1.165, 1.54) is 26.4 Å². The molecule has 2 rings (SSSR count). The summed E-state index contributed by atoms with van der Waals surface area (Å²) in [6.07, 6.45) is 3.25. The van der Waals surface area contributed by atoms with Gasteiger partial charge in [0.15, 0.2) is 0 Å². The van der Waals surface area contributed by atoms with Crippen molar-refractivity contribution in [2.75, 3.05) is 19.5 Å². The normalized spacial score (nSPS) is 11.4. The van der Waals surface area contributed by atoms with Gasteiger partial charge in [0.2, 0.25) is 0 Å². The molecule has 1 atom stereocenters. The second-order valence-corrected chi connectivity index (χ2v) is 5.53. The number of pyridine rings is 1. The van der Waals surface area contributed by atoms with Crippen LogP contribution in [0.3, 0.4) is 0 Å². The zero-order chi connectivity index (χ0) is 18.4.